The third-order valence-electron chi connectivity index (χ3n) is 4.53. The van der Waals surface area contributed by atoms with Crippen molar-refractivity contribution in [2.45, 2.75) is 0 Å². The van der Waals surface area contributed by atoms with Crippen molar-refractivity contribution in [3.05, 3.63) is 95.6 Å². The first-order chi connectivity index (χ1) is 13.6. The van der Waals surface area contributed by atoms with Crippen LogP contribution in [0.2, 0.25) is 0 Å². The summed E-state index contributed by atoms with van der Waals surface area (Å²) in [6.45, 7) is 0. The van der Waals surface area contributed by atoms with Crippen molar-refractivity contribution in [2.24, 2.45) is 0 Å². The van der Waals surface area contributed by atoms with Gasteiger partial charge in [0.1, 0.15) is 5.76 Å². The van der Waals surface area contributed by atoms with Crippen LogP contribution in [-0.4, -0.2) is 18.2 Å². The van der Waals surface area contributed by atoms with E-state index in [2.05, 4.69) is 12.1 Å². The van der Waals surface area contributed by atoms with Crippen molar-refractivity contribution in [3.63, 3.8) is 0 Å². The molecule has 28 heavy (non-hydrogen) atoms. The lowest BCUT2D eigenvalue weighted by Crippen LogP contribution is -1.97. The predicted molar refractivity (Wildman–Crippen MR) is 109 cm³/mol. The molecule has 0 aromatic heterocycles. The van der Waals surface area contributed by atoms with Gasteiger partial charge in [-0.05, 0) is 41.0 Å². The zero-order chi connectivity index (χ0) is 19.5. The molecule has 0 saturated heterocycles. The molecule has 1 aliphatic heterocycles. The van der Waals surface area contributed by atoms with Crippen LogP contribution in [0, 0.1) is 0 Å². The molecule has 3 aromatic rings. The Bertz CT molecular complexity index is 1080. The van der Waals surface area contributed by atoms with Gasteiger partial charge in [-0.15, -0.1) is 0 Å². The number of rotatable bonds is 4. The fourth-order valence-electron chi connectivity index (χ4n) is 3.05. The summed E-state index contributed by atoms with van der Waals surface area (Å²) in [6.07, 6.45) is 3.43. The Balaban J connectivity index is 1.60. The van der Waals surface area contributed by atoms with Gasteiger partial charge in [0.05, 0.1) is 12.7 Å². The molecule has 0 bridgehead atoms. The van der Waals surface area contributed by atoms with E-state index < -0.39 is 5.97 Å². The fraction of sp³-hybridized carbons (Fsp3) is 0.0417. The minimum absolute atomic E-state index is 0.0494. The van der Waals surface area contributed by atoms with E-state index in [0.717, 1.165) is 22.3 Å². The number of methoxy groups -OCH3 is 1. The Kier molecular flexibility index (Phi) is 4.68. The van der Waals surface area contributed by atoms with Crippen LogP contribution in [0.25, 0.3) is 23.0 Å². The molecule has 3 aromatic carbocycles. The van der Waals surface area contributed by atoms with Gasteiger partial charge in [0.15, 0.2) is 11.5 Å². The second kappa shape index (κ2) is 7.45. The zero-order valence-corrected chi connectivity index (χ0v) is 15.3. The van der Waals surface area contributed by atoms with Gasteiger partial charge in [-0.2, -0.15) is 0 Å². The molecular weight excluding hydrogens is 352 g/mol. The number of hydrogen-bond donors (Lipinski definition) is 1. The highest BCUT2D eigenvalue weighted by Gasteiger charge is 2.22. The van der Waals surface area contributed by atoms with Crippen molar-refractivity contribution >= 4 is 17.8 Å². The lowest BCUT2D eigenvalue weighted by atomic mass is 10.0. The van der Waals surface area contributed by atoms with Gasteiger partial charge in [0.2, 0.25) is 0 Å². The van der Waals surface area contributed by atoms with Crippen molar-refractivity contribution in [3.8, 4) is 22.6 Å². The molecule has 4 rings (SSSR count). The van der Waals surface area contributed by atoms with Gasteiger partial charge in [0, 0.05) is 5.56 Å². The molecular formula is C24H18O4. The van der Waals surface area contributed by atoms with Crippen LogP contribution in [-0.2, 0) is 9.53 Å². The quantitative estimate of drug-likeness (QED) is 0.516. The highest BCUT2D eigenvalue weighted by atomic mass is 16.5. The van der Waals surface area contributed by atoms with Crippen LogP contribution < -0.4 is 4.74 Å². The summed E-state index contributed by atoms with van der Waals surface area (Å²) in [6, 6.07) is 22.9. The van der Waals surface area contributed by atoms with E-state index in [1.165, 1.54) is 13.2 Å². The van der Waals surface area contributed by atoms with E-state index in [1.807, 2.05) is 42.5 Å². The number of phenols is 1. The molecule has 1 N–H and O–H groups in total. The van der Waals surface area contributed by atoms with Gasteiger partial charge in [-0.25, -0.2) is 4.79 Å². The van der Waals surface area contributed by atoms with E-state index in [1.54, 1.807) is 24.3 Å². The Labute approximate surface area is 163 Å². The van der Waals surface area contributed by atoms with Gasteiger partial charge < -0.3 is 14.6 Å². The number of aromatic hydroxyl groups is 1. The maximum atomic E-state index is 12.2. The summed E-state index contributed by atoms with van der Waals surface area (Å²) < 4.78 is 10.5. The smallest absolute Gasteiger partial charge is 0.343 e. The first-order valence-electron chi connectivity index (χ1n) is 8.82. The second-order valence-corrected chi connectivity index (χ2v) is 6.37. The topological polar surface area (TPSA) is 55.8 Å². The van der Waals surface area contributed by atoms with Crippen LogP contribution in [0.3, 0.4) is 0 Å². The van der Waals surface area contributed by atoms with E-state index in [4.69, 9.17) is 9.47 Å². The zero-order valence-electron chi connectivity index (χ0n) is 15.3. The number of benzene rings is 3. The lowest BCUT2D eigenvalue weighted by Gasteiger charge is -2.05. The maximum Gasteiger partial charge on any atom is 0.343 e. The molecule has 0 aliphatic carbocycles. The number of ether oxygens (including phenoxy) is 2. The van der Waals surface area contributed by atoms with Gasteiger partial charge in [0.25, 0.3) is 0 Å². The van der Waals surface area contributed by atoms with Crippen LogP contribution in [0.1, 0.15) is 11.1 Å². The van der Waals surface area contributed by atoms with Crippen molar-refractivity contribution < 1.29 is 19.4 Å². The Hall–Kier alpha value is -3.79. The molecule has 4 heteroatoms. The molecule has 1 aliphatic rings. The predicted octanol–water partition coefficient (Wildman–Crippen LogP) is 5.05. The molecule has 138 valence electrons. The van der Waals surface area contributed by atoms with Crippen molar-refractivity contribution in [1.29, 1.82) is 0 Å². The summed E-state index contributed by atoms with van der Waals surface area (Å²) in [5.41, 5.74) is 4.24. The first-order valence-corrected chi connectivity index (χ1v) is 8.82. The molecule has 0 radical (unpaired) electrons. The largest absolute Gasteiger partial charge is 0.504 e. The van der Waals surface area contributed by atoms with Crippen LogP contribution in [0.4, 0.5) is 0 Å². The third kappa shape index (κ3) is 3.53. The number of phenolic OH excluding ortho intramolecular Hbond substituents is 1. The number of hydrogen-bond acceptors (Lipinski definition) is 4. The maximum absolute atomic E-state index is 12.2. The van der Waals surface area contributed by atoms with Crippen LogP contribution in [0.15, 0.2) is 84.4 Å². The summed E-state index contributed by atoms with van der Waals surface area (Å²) in [4.78, 5) is 12.2. The molecule has 0 amide bonds. The molecule has 1 heterocycles. The second-order valence-electron chi connectivity index (χ2n) is 6.37. The average Bonchev–Trinajstić information content (AvgIpc) is 3.10. The molecule has 0 fully saturated rings. The lowest BCUT2D eigenvalue weighted by molar-refractivity contribution is -0.130. The highest BCUT2D eigenvalue weighted by molar-refractivity contribution is 6.05. The fourth-order valence-corrected chi connectivity index (χ4v) is 3.05. The number of cyclic esters (lactones) is 1. The van der Waals surface area contributed by atoms with Crippen LogP contribution in [0.5, 0.6) is 11.5 Å². The Morgan fingerprint density at radius 1 is 0.893 bits per heavy atom. The summed E-state index contributed by atoms with van der Waals surface area (Å²) in [5, 5.41) is 9.69. The van der Waals surface area contributed by atoms with E-state index >= 15 is 0 Å². The molecule has 0 unspecified atom stereocenters. The molecule has 0 saturated carbocycles. The monoisotopic (exact) mass is 370 g/mol. The van der Waals surface area contributed by atoms with Crippen LogP contribution >= 0.6 is 0 Å². The minimum atomic E-state index is -0.408. The molecule has 4 nitrogen and oxygen atoms in total. The normalized spacial score (nSPS) is 14.7. The first kappa shape index (κ1) is 17.6. The van der Waals surface area contributed by atoms with Gasteiger partial charge in [-0.3, -0.25) is 0 Å². The minimum Gasteiger partial charge on any atom is -0.504 e. The van der Waals surface area contributed by atoms with Crippen molar-refractivity contribution in [2.75, 3.05) is 7.11 Å². The number of carbonyl (C=O) groups excluding carboxylic acids is 1. The highest BCUT2D eigenvalue weighted by Crippen LogP contribution is 2.31. The SMILES string of the molecule is COc1cc(/C=C2/C=C(c3ccc(-c4ccccc4)cc3)OC2=O)ccc1O. The third-order valence-corrected chi connectivity index (χ3v) is 4.53. The standard InChI is InChI=1S/C24H18O4/c1-27-23-14-16(7-12-21(23)25)13-20-15-22(28-24(20)26)19-10-8-18(9-11-19)17-5-3-2-4-6-17/h2-15,25H,1H3/b20-13-. The van der Waals surface area contributed by atoms with Crippen molar-refractivity contribution in [1.82, 2.24) is 0 Å². The molecule has 0 spiro atoms. The average molecular weight is 370 g/mol. The molecule has 0 atom stereocenters. The van der Waals surface area contributed by atoms with Gasteiger partial charge in [-0.1, -0.05) is 60.7 Å². The Morgan fingerprint density at radius 3 is 2.29 bits per heavy atom. The van der Waals surface area contributed by atoms with E-state index in [9.17, 15) is 9.90 Å². The summed E-state index contributed by atoms with van der Waals surface area (Å²) in [7, 11) is 1.48. The number of esters is 1. The number of carbonyl (C=O) groups is 1. The summed E-state index contributed by atoms with van der Waals surface area (Å²) >= 11 is 0. The van der Waals surface area contributed by atoms with E-state index in [0.29, 0.717) is 17.1 Å². The Morgan fingerprint density at radius 2 is 1.57 bits per heavy atom. The van der Waals surface area contributed by atoms with Gasteiger partial charge >= 0.3 is 5.97 Å². The van der Waals surface area contributed by atoms with E-state index in [-0.39, 0.29) is 5.75 Å². The summed E-state index contributed by atoms with van der Waals surface area (Å²) in [5.74, 6) is 0.505.